The van der Waals surface area contributed by atoms with Crippen molar-refractivity contribution in [2.75, 3.05) is 13.7 Å². The molecule has 0 spiro atoms. The average Bonchev–Trinajstić information content (AvgIpc) is 2.61. The highest BCUT2D eigenvalue weighted by atomic mass is 16.5. The molecule has 0 fully saturated rings. The first-order chi connectivity index (χ1) is 11.7. The van der Waals surface area contributed by atoms with Crippen molar-refractivity contribution in [1.29, 1.82) is 0 Å². The van der Waals surface area contributed by atoms with E-state index in [1.54, 1.807) is 19.2 Å². The summed E-state index contributed by atoms with van der Waals surface area (Å²) in [5.41, 5.74) is 1.75. The predicted molar refractivity (Wildman–Crippen MR) is 94.7 cm³/mol. The fraction of sp³-hybridized carbons (Fsp3) is 0.350. The Hall–Kier alpha value is -2.49. The molecule has 4 nitrogen and oxygen atoms in total. The first kappa shape index (κ1) is 17.9. The number of carbonyl (C=O) groups is 1. The van der Waals surface area contributed by atoms with E-state index in [9.17, 15) is 4.79 Å². The van der Waals surface area contributed by atoms with Crippen molar-refractivity contribution in [3.8, 4) is 23.0 Å². The zero-order chi connectivity index (χ0) is 17.4. The lowest BCUT2D eigenvalue weighted by atomic mass is 10.1. The van der Waals surface area contributed by atoms with Crippen LogP contribution in [0.15, 0.2) is 36.4 Å². The van der Waals surface area contributed by atoms with Gasteiger partial charge in [0.25, 0.3) is 0 Å². The van der Waals surface area contributed by atoms with E-state index in [1.165, 1.54) is 5.56 Å². The lowest BCUT2D eigenvalue weighted by molar-refractivity contribution is 0.112. The van der Waals surface area contributed by atoms with Gasteiger partial charge in [0, 0.05) is 5.56 Å². The molecule has 0 atom stereocenters. The zero-order valence-corrected chi connectivity index (χ0v) is 14.5. The van der Waals surface area contributed by atoms with Crippen LogP contribution in [0.1, 0.15) is 42.6 Å². The van der Waals surface area contributed by atoms with E-state index in [-0.39, 0.29) is 0 Å². The maximum atomic E-state index is 11.2. The number of hydrogen-bond donors (Lipinski definition) is 0. The first-order valence-corrected chi connectivity index (χ1v) is 8.28. The van der Waals surface area contributed by atoms with Crippen LogP contribution < -0.4 is 14.2 Å². The molecule has 0 saturated carbocycles. The monoisotopic (exact) mass is 328 g/mol. The second-order valence-corrected chi connectivity index (χ2v) is 5.51. The molecule has 4 heteroatoms. The maximum Gasteiger partial charge on any atom is 0.204 e. The molecule has 0 aromatic heterocycles. The number of carbonyl (C=O) groups excluding carboxylic acids is 1. The lowest BCUT2D eigenvalue weighted by Crippen LogP contribution is -2.01. The highest BCUT2D eigenvalue weighted by molar-refractivity contribution is 5.78. The Morgan fingerprint density at radius 2 is 1.71 bits per heavy atom. The highest BCUT2D eigenvalue weighted by Crippen LogP contribution is 2.40. The molecule has 0 N–H and O–H groups in total. The minimum absolute atomic E-state index is 0.480. The molecule has 2 rings (SSSR count). The van der Waals surface area contributed by atoms with E-state index in [1.807, 2.05) is 31.2 Å². The molecule has 0 heterocycles. The average molecular weight is 328 g/mol. The van der Waals surface area contributed by atoms with Gasteiger partial charge in [0.05, 0.1) is 13.7 Å². The standard InChI is InChI=1S/C20H24O4/c1-4-6-15-7-9-17(10-8-15)24-19-13-16(14-21)12-18(22-3)20(19)23-11-5-2/h7-10,12-14H,4-6,11H2,1-3H3. The van der Waals surface area contributed by atoms with Crippen molar-refractivity contribution >= 4 is 6.29 Å². The van der Waals surface area contributed by atoms with Gasteiger partial charge in [-0.25, -0.2) is 0 Å². The van der Waals surface area contributed by atoms with Crippen LogP contribution in [0.3, 0.4) is 0 Å². The Kier molecular flexibility index (Phi) is 6.67. The number of ether oxygens (including phenoxy) is 3. The van der Waals surface area contributed by atoms with E-state index in [0.29, 0.717) is 35.2 Å². The molecule has 2 aromatic carbocycles. The summed E-state index contributed by atoms with van der Waals surface area (Å²) in [4.78, 5) is 11.2. The summed E-state index contributed by atoms with van der Waals surface area (Å²) in [6.07, 6.45) is 3.78. The highest BCUT2D eigenvalue weighted by Gasteiger charge is 2.15. The van der Waals surface area contributed by atoms with Gasteiger partial charge in [-0.05, 0) is 42.7 Å². The van der Waals surface area contributed by atoms with Crippen LogP contribution in [0.4, 0.5) is 0 Å². The molecule has 0 aliphatic rings. The van der Waals surface area contributed by atoms with Gasteiger partial charge in [0.1, 0.15) is 12.0 Å². The number of hydrogen-bond acceptors (Lipinski definition) is 4. The topological polar surface area (TPSA) is 44.8 Å². The Morgan fingerprint density at radius 1 is 1.00 bits per heavy atom. The van der Waals surface area contributed by atoms with E-state index in [0.717, 1.165) is 25.5 Å². The van der Waals surface area contributed by atoms with Crippen LogP contribution in [0.5, 0.6) is 23.0 Å². The molecular weight excluding hydrogens is 304 g/mol. The largest absolute Gasteiger partial charge is 0.493 e. The third-order valence-corrected chi connectivity index (χ3v) is 3.54. The Bertz CT molecular complexity index is 662. The summed E-state index contributed by atoms with van der Waals surface area (Å²) in [5, 5.41) is 0. The van der Waals surface area contributed by atoms with Crippen molar-refractivity contribution < 1.29 is 19.0 Å². The molecule has 128 valence electrons. The molecule has 0 saturated heterocycles. The van der Waals surface area contributed by atoms with Crippen LogP contribution in [0, 0.1) is 0 Å². The molecular formula is C20H24O4. The van der Waals surface area contributed by atoms with E-state index in [4.69, 9.17) is 14.2 Å². The molecule has 0 aliphatic heterocycles. The molecule has 24 heavy (non-hydrogen) atoms. The van der Waals surface area contributed by atoms with Crippen LogP contribution in [-0.2, 0) is 6.42 Å². The van der Waals surface area contributed by atoms with E-state index < -0.39 is 0 Å². The van der Waals surface area contributed by atoms with Gasteiger partial charge in [0.15, 0.2) is 11.5 Å². The first-order valence-electron chi connectivity index (χ1n) is 8.28. The Labute approximate surface area is 143 Å². The molecule has 0 aliphatic carbocycles. The van der Waals surface area contributed by atoms with Gasteiger partial charge in [-0.3, -0.25) is 4.79 Å². The number of aryl methyl sites for hydroxylation is 1. The lowest BCUT2D eigenvalue weighted by Gasteiger charge is -2.16. The van der Waals surface area contributed by atoms with Gasteiger partial charge >= 0.3 is 0 Å². The van der Waals surface area contributed by atoms with Crippen molar-refractivity contribution in [2.45, 2.75) is 33.1 Å². The third-order valence-electron chi connectivity index (χ3n) is 3.54. The SMILES string of the molecule is CCCOc1c(OC)cc(C=O)cc1Oc1ccc(CCC)cc1. The number of benzene rings is 2. The van der Waals surface area contributed by atoms with Crippen LogP contribution in [0.2, 0.25) is 0 Å². The molecule has 0 unspecified atom stereocenters. The van der Waals surface area contributed by atoms with Crippen molar-refractivity contribution in [2.24, 2.45) is 0 Å². The molecule has 0 radical (unpaired) electrons. The number of methoxy groups -OCH3 is 1. The Balaban J connectivity index is 2.33. The number of rotatable bonds is 9. The van der Waals surface area contributed by atoms with Crippen molar-refractivity contribution in [1.82, 2.24) is 0 Å². The maximum absolute atomic E-state index is 11.2. The fourth-order valence-electron chi connectivity index (χ4n) is 2.38. The smallest absolute Gasteiger partial charge is 0.204 e. The van der Waals surface area contributed by atoms with Crippen LogP contribution >= 0.6 is 0 Å². The van der Waals surface area contributed by atoms with E-state index >= 15 is 0 Å². The van der Waals surface area contributed by atoms with E-state index in [2.05, 4.69) is 6.92 Å². The quantitative estimate of drug-likeness (QED) is 0.605. The van der Waals surface area contributed by atoms with Crippen LogP contribution in [0.25, 0.3) is 0 Å². The minimum atomic E-state index is 0.480. The second kappa shape index (κ2) is 8.96. The molecule has 2 aromatic rings. The summed E-state index contributed by atoms with van der Waals surface area (Å²) in [7, 11) is 1.55. The predicted octanol–water partition coefficient (Wildman–Crippen LogP) is 5.04. The summed E-state index contributed by atoms with van der Waals surface area (Å²) < 4.78 is 17.1. The Morgan fingerprint density at radius 3 is 2.29 bits per heavy atom. The minimum Gasteiger partial charge on any atom is -0.493 e. The van der Waals surface area contributed by atoms with Gasteiger partial charge in [-0.15, -0.1) is 0 Å². The number of aldehydes is 1. The van der Waals surface area contributed by atoms with Gasteiger partial charge < -0.3 is 14.2 Å². The van der Waals surface area contributed by atoms with Gasteiger partial charge in [-0.2, -0.15) is 0 Å². The van der Waals surface area contributed by atoms with Gasteiger partial charge in [0.2, 0.25) is 5.75 Å². The van der Waals surface area contributed by atoms with Crippen molar-refractivity contribution in [3.05, 3.63) is 47.5 Å². The van der Waals surface area contributed by atoms with Gasteiger partial charge in [-0.1, -0.05) is 32.4 Å². The fourth-order valence-corrected chi connectivity index (χ4v) is 2.38. The summed E-state index contributed by atoms with van der Waals surface area (Å²) in [6, 6.07) is 11.3. The third kappa shape index (κ3) is 4.51. The summed E-state index contributed by atoms with van der Waals surface area (Å²) in [5.74, 6) is 2.18. The summed E-state index contributed by atoms with van der Waals surface area (Å²) in [6.45, 7) is 4.72. The second-order valence-electron chi connectivity index (χ2n) is 5.51. The van der Waals surface area contributed by atoms with Crippen molar-refractivity contribution in [3.63, 3.8) is 0 Å². The zero-order valence-electron chi connectivity index (χ0n) is 14.5. The summed E-state index contributed by atoms with van der Waals surface area (Å²) >= 11 is 0. The molecule has 0 bridgehead atoms. The molecule has 0 amide bonds. The normalized spacial score (nSPS) is 10.3. The van der Waals surface area contributed by atoms with Crippen LogP contribution in [-0.4, -0.2) is 20.0 Å².